The number of amides is 1. The van der Waals surface area contributed by atoms with Crippen LogP contribution in [0.5, 0.6) is 0 Å². The van der Waals surface area contributed by atoms with E-state index in [0.717, 1.165) is 23.5 Å². The number of anilines is 2. The van der Waals surface area contributed by atoms with Gasteiger partial charge < -0.3 is 21.5 Å². The van der Waals surface area contributed by atoms with Gasteiger partial charge in [-0.25, -0.2) is 18.2 Å². The lowest BCUT2D eigenvalue weighted by Crippen LogP contribution is -2.31. The summed E-state index contributed by atoms with van der Waals surface area (Å²) in [7, 11) is 1.64. The Hall–Kier alpha value is -2.96. The molecule has 1 fully saturated rings. The summed E-state index contributed by atoms with van der Waals surface area (Å²) in [6, 6.07) is 2.79. The molecule has 1 amide bonds. The standard InChI is InChI=1S/C20H21F3N6O2S/c1-29-17(14-7-11(23)12(24)5-6-31-14)13(8-26-29)27-19(30)16-18(25)32-20(28-16)15-9(21)3-2-4-10(15)22/h2-4,8,11-12,14H,5-7,24-25H2,1H3,(H,27,30)/t11-,12-,14+/m1/s1. The number of nitrogen functional groups attached to an aromatic ring is 1. The van der Waals surface area contributed by atoms with Gasteiger partial charge in [-0.2, -0.15) is 5.10 Å². The average Bonchev–Trinajstić information content (AvgIpc) is 3.24. The monoisotopic (exact) mass is 466 g/mol. The number of nitrogens with zero attached hydrogens (tertiary/aromatic N) is 3. The van der Waals surface area contributed by atoms with Crippen LogP contribution in [0.2, 0.25) is 0 Å². The number of thiazole rings is 1. The van der Waals surface area contributed by atoms with Gasteiger partial charge in [-0.05, 0) is 18.6 Å². The Morgan fingerprint density at radius 2 is 2.06 bits per heavy atom. The number of ether oxygens (including phenoxy) is 1. The summed E-state index contributed by atoms with van der Waals surface area (Å²) in [5, 5.41) is 6.71. The highest BCUT2D eigenvalue weighted by molar-refractivity contribution is 7.19. The van der Waals surface area contributed by atoms with Crippen molar-refractivity contribution in [3.8, 4) is 10.6 Å². The molecule has 1 aliphatic heterocycles. The Morgan fingerprint density at radius 3 is 2.78 bits per heavy atom. The van der Waals surface area contributed by atoms with Crippen LogP contribution >= 0.6 is 11.3 Å². The van der Waals surface area contributed by atoms with E-state index in [0.29, 0.717) is 12.1 Å². The van der Waals surface area contributed by atoms with Crippen LogP contribution in [0.4, 0.5) is 23.9 Å². The third-order valence-electron chi connectivity index (χ3n) is 5.26. The molecule has 0 saturated carbocycles. The van der Waals surface area contributed by atoms with Crippen LogP contribution < -0.4 is 16.8 Å². The molecule has 3 heterocycles. The number of nitrogens with one attached hydrogen (secondary N) is 1. The molecule has 2 aromatic heterocycles. The van der Waals surface area contributed by atoms with E-state index in [1.165, 1.54) is 16.9 Å². The van der Waals surface area contributed by atoms with Gasteiger partial charge in [0.25, 0.3) is 5.91 Å². The third-order valence-corrected chi connectivity index (χ3v) is 6.16. The van der Waals surface area contributed by atoms with Gasteiger partial charge in [0.15, 0.2) is 5.69 Å². The highest BCUT2D eigenvalue weighted by Gasteiger charge is 2.31. The van der Waals surface area contributed by atoms with Crippen molar-refractivity contribution in [2.75, 3.05) is 17.7 Å². The molecule has 0 spiro atoms. The zero-order valence-electron chi connectivity index (χ0n) is 17.0. The molecule has 0 aliphatic carbocycles. The number of hydrogen-bond donors (Lipinski definition) is 3. The lowest BCUT2D eigenvalue weighted by atomic mass is 10.0. The molecule has 0 radical (unpaired) electrons. The largest absolute Gasteiger partial charge is 0.389 e. The Morgan fingerprint density at radius 1 is 1.34 bits per heavy atom. The number of carbonyl (C=O) groups excluding carboxylic acids is 1. The summed E-state index contributed by atoms with van der Waals surface area (Å²) in [4.78, 5) is 16.9. The first-order valence-electron chi connectivity index (χ1n) is 9.81. The Balaban J connectivity index is 1.60. The SMILES string of the molecule is Cn1ncc(NC(=O)c2nc(-c3c(F)cccc3F)sc2N)c1[C@@H]1C[C@@H](F)[C@H](N)CCO1. The maximum absolute atomic E-state index is 14.3. The molecule has 5 N–H and O–H groups in total. The molecule has 8 nitrogen and oxygen atoms in total. The smallest absolute Gasteiger partial charge is 0.277 e. The van der Waals surface area contributed by atoms with Gasteiger partial charge in [-0.3, -0.25) is 9.48 Å². The molecular weight excluding hydrogens is 445 g/mol. The first-order chi connectivity index (χ1) is 15.3. The Kier molecular flexibility index (Phi) is 6.17. The number of aryl methyl sites for hydroxylation is 1. The Labute approximate surface area is 185 Å². The van der Waals surface area contributed by atoms with Crippen LogP contribution in [0, 0.1) is 11.6 Å². The van der Waals surface area contributed by atoms with Crippen molar-refractivity contribution in [2.45, 2.75) is 31.2 Å². The average molecular weight is 466 g/mol. The number of benzene rings is 1. The van der Waals surface area contributed by atoms with Crippen molar-refractivity contribution in [3.63, 3.8) is 0 Å². The number of halogens is 3. The summed E-state index contributed by atoms with van der Waals surface area (Å²) in [5.41, 5.74) is 11.9. The maximum Gasteiger partial charge on any atom is 0.277 e. The first-order valence-corrected chi connectivity index (χ1v) is 10.6. The highest BCUT2D eigenvalue weighted by Crippen LogP contribution is 2.35. The second kappa shape index (κ2) is 8.88. The number of hydrogen-bond acceptors (Lipinski definition) is 7. The summed E-state index contributed by atoms with van der Waals surface area (Å²) >= 11 is 0.792. The number of nitrogens with two attached hydrogens (primary N) is 2. The first kappa shape index (κ1) is 22.2. The quantitative estimate of drug-likeness (QED) is 0.543. The van der Waals surface area contributed by atoms with E-state index in [1.54, 1.807) is 7.05 Å². The van der Waals surface area contributed by atoms with Gasteiger partial charge in [0.2, 0.25) is 0 Å². The highest BCUT2D eigenvalue weighted by atomic mass is 32.1. The molecule has 4 rings (SSSR count). The fraction of sp³-hybridized carbons (Fsp3) is 0.350. The number of aromatic nitrogens is 3. The normalized spacial score (nSPS) is 21.3. The minimum atomic E-state index is -1.27. The van der Waals surface area contributed by atoms with Crippen molar-refractivity contribution < 1.29 is 22.7 Å². The zero-order chi connectivity index (χ0) is 23.0. The molecule has 0 unspecified atom stereocenters. The van der Waals surface area contributed by atoms with Crippen LogP contribution in [-0.2, 0) is 11.8 Å². The van der Waals surface area contributed by atoms with Gasteiger partial charge in [-0.1, -0.05) is 17.4 Å². The molecule has 1 aromatic carbocycles. The summed E-state index contributed by atoms with van der Waals surface area (Å²) in [6.45, 7) is 0.265. The second-order valence-corrected chi connectivity index (χ2v) is 8.44. The number of carbonyl (C=O) groups is 1. The van der Waals surface area contributed by atoms with Crippen LogP contribution in [0.25, 0.3) is 10.6 Å². The van der Waals surface area contributed by atoms with Crippen LogP contribution in [0.1, 0.15) is 35.1 Å². The van der Waals surface area contributed by atoms with E-state index in [4.69, 9.17) is 16.2 Å². The topological polar surface area (TPSA) is 121 Å². The molecule has 32 heavy (non-hydrogen) atoms. The maximum atomic E-state index is 14.3. The molecule has 12 heteroatoms. The van der Waals surface area contributed by atoms with Crippen molar-refractivity contribution in [1.29, 1.82) is 0 Å². The van der Waals surface area contributed by atoms with Crippen LogP contribution in [-0.4, -0.2) is 39.5 Å². The summed E-state index contributed by atoms with van der Waals surface area (Å²) in [6.07, 6.45) is -0.152. The predicted octanol–water partition coefficient (Wildman–Crippen LogP) is 3.17. The summed E-state index contributed by atoms with van der Waals surface area (Å²) < 4.78 is 49.8. The van der Waals surface area contributed by atoms with Crippen LogP contribution in [0.3, 0.4) is 0 Å². The van der Waals surface area contributed by atoms with E-state index in [1.807, 2.05) is 0 Å². The van der Waals surface area contributed by atoms with Crippen molar-refractivity contribution >= 4 is 27.9 Å². The molecule has 170 valence electrons. The van der Waals surface area contributed by atoms with E-state index < -0.39 is 35.9 Å². The second-order valence-electron chi connectivity index (χ2n) is 7.41. The molecule has 3 atom stereocenters. The molecule has 3 aromatic rings. The van der Waals surface area contributed by atoms with Gasteiger partial charge >= 0.3 is 0 Å². The number of rotatable bonds is 4. The van der Waals surface area contributed by atoms with Gasteiger partial charge in [0, 0.05) is 26.1 Å². The molecule has 1 aliphatic rings. The van der Waals surface area contributed by atoms with E-state index >= 15 is 0 Å². The minimum Gasteiger partial charge on any atom is -0.389 e. The fourth-order valence-electron chi connectivity index (χ4n) is 3.58. The molecule has 0 bridgehead atoms. The Bertz CT molecular complexity index is 1130. The lowest BCUT2D eigenvalue weighted by Gasteiger charge is -2.19. The van der Waals surface area contributed by atoms with Crippen LogP contribution in [0.15, 0.2) is 24.4 Å². The van der Waals surface area contributed by atoms with Crippen molar-refractivity contribution in [3.05, 3.63) is 47.4 Å². The number of alkyl halides is 1. The minimum absolute atomic E-state index is 0.00824. The fourth-order valence-corrected chi connectivity index (χ4v) is 4.45. The summed E-state index contributed by atoms with van der Waals surface area (Å²) in [5.74, 6) is -2.33. The molecule has 1 saturated heterocycles. The predicted molar refractivity (Wildman–Crippen MR) is 114 cm³/mol. The third kappa shape index (κ3) is 4.20. The van der Waals surface area contributed by atoms with E-state index in [2.05, 4.69) is 15.4 Å². The van der Waals surface area contributed by atoms with Gasteiger partial charge in [-0.15, -0.1) is 0 Å². The van der Waals surface area contributed by atoms with E-state index in [9.17, 15) is 18.0 Å². The van der Waals surface area contributed by atoms with Gasteiger partial charge in [0.1, 0.15) is 33.9 Å². The van der Waals surface area contributed by atoms with Crippen molar-refractivity contribution in [1.82, 2.24) is 14.8 Å². The van der Waals surface area contributed by atoms with E-state index in [-0.39, 0.29) is 40.0 Å². The van der Waals surface area contributed by atoms with Crippen molar-refractivity contribution in [2.24, 2.45) is 12.8 Å². The molecular formula is C20H21F3N6O2S. The van der Waals surface area contributed by atoms with Gasteiger partial charge in [0.05, 0.1) is 23.1 Å². The zero-order valence-corrected chi connectivity index (χ0v) is 17.8. The lowest BCUT2D eigenvalue weighted by molar-refractivity contribution is 0.0458.